The van der Waals surface area contributed by atoms with Crippen LogP contribution in [0.15, 0.2) is 33.2 Å². The van der Waals surface area contributed by atoms with E-state index in [9.17, 15) is 0 Å². The monoisotopic (exact) mass is 416 g/mol. The SMILES string of the molecule is CC(C)(C)c1nc(Cc2ccccc2Br)nc(Cl)c1Br. The number of rotatable bonds is 2. The fraction of sp³-hybridized carbons (Fsp3) is 0.333. The van der Waals surface area contributed by atoms with Crippen molar-refractivity contribution in [1.29, 1.82) is 0 Å². The Labute approximate surface area is 141 Å². The highest BCUT2D eigenvalue weighted by Crippen LogP contribution is 2.32. The number of nitrogens with zero attached hydrogens (tertiary/aromatic N) is 2. The van der Waals surface area contributed by atoms with Crippen molar-refractivity contribution in [3.05, 3.63) is 55.4 Å². The first-order valence-electron chi connectivity index (χ1n) is 6.25. The van der Waals surface area contributed by atoms with Gasteiger partial charge in [-0.3, -0.25) is 0 Å². The van der Waals surface area contributed by atoms with E-state index in [-0.39, 0.29) is 5.41 Å². The van der Waals surface area contributed by atoms with E-state index < -0.39 is 0 Å². The third-order valence-electron chi connectivity index (χ3n) is 2.87. The minimum atomic E-state index is -0.0892. The van der Waals surface area contributed by atoms with Crippen molar-refractivity contribution in [2.24, 2.45) is 0 Å². The van der Waals surface area contributed by atoms with Gasteiger partial charge >= 0.3 is 0 Å². The largest absolute Gasteiger partial charge is 0.236 e. The molecule has 0 aliphatic rings. The summed E-state index contributed by atoms with van der Waals surface area (Å²) in [4.78, 5) is 9.05. The van der Waals surface area contributed by atoms with E-state index >= 15 is 0 Å². The number of benzene rings is 1. The van der Waals surface area contributed by atoms with Gasteiger partial charge in [-0.15, -0.1) is 0 Å². The van der Waals surface area contributed by atoms with Crippen LogP contribution in [0.5, 0.6) is 0 Å². The second-order valence-corrected chi connectivity index (χ2v) is 7.62. The van der Waals surface area contributed by atoms with E-state index in [4.69, 9.17) is 11.6 Å². The van der Waals surface area contributed by atoms with Crippen LogP contribution in [0.1, 0.15) is 37.9 Å². The Hall–Kier alpha value is -0.450. The molecule has 5 heteroatoms. The van der Waals surface area contributed by atoms with Crippen LogP contribution in [-0.4, -0.2) is 9.97 Å². The molecule has 2 aromatic rings. The Bertz CT molecular complexity index is 636. The van der Waals surface area contributed by atoms with E-state index in [0.29, 0.717) is 11.6 Å². The molecule has 0 amide bonds. The lowest BCUT2D eigenvalue weighted by atomic mass is 9.92. The molecule has 2 nitrogen and oxygen atoms in total. The van der Waals surface area contributed by atoms with Crippen LogP contribution in [-0.2, 0) is 11.8 Å². The van der Waals surface area contributed by atoms with Gasteiger partial charge in [0.1, 0.15) is 11.0 Å². The average Bonchev–Trinajstić information content (AvgIpc) is 2.35. The zero-order valence-corrected chi connectivity index (χ0v) is 15.5. The standard InChI is InChI=1S/C15H15Br2ClN2/c1-15(2,3)13-12(17)14(18)20-11(19-13)8-9-6-4-5-7-10(9)16/h4-7H,8H2,1-3H3. The molecule has 1 aromatic carbocycles. The molecule has 20 heavy (non-hydrogen) atoms. The van der Waals surface area contributed by atoms with Crippen molar-refractivity contribution in [2.75, 3.05) is 0 Å². The molecule has 0 unspecified atom stereocenters. The first-order valence-corrected chi connectivity index (χ1v) is 8.21. The number of halogens is 3. The molecular formula is C15H15Br2ClN2. The smallest absolute Gasteiger partial charge is 0.147 e. The van der Waals surface area contributed by atoms with E-state index in [1.54, 1.807) is 0 Å². The minimum Gasteiger partial charge on any atom is -0.236 e. The topological polar surface area (TPSA) is 25.8 Å². The fourth-order valence-electron chi connectivity index (χ4n) is 1.85. The molecule has 1 heterocycles. The maximum absolute atomic E-state index is 6.22. The lowest BCUT2D eigenvalue weighted by Crippen LogP contribution is -2.17. The molecule has 0 atom stereocenters. The van der Waals surface area contributed by atoms with Crippen LogP contribution < -0.4 is 0 Å². The van der Waals surface area contributed by atoms with E-state index in [1.165, 1.54) is 0 Å². The van der Waals surface area contributed by atoms with Gasteiger partial charge in [0.15, 0.2) is 0 Å². The van der Waals surface area contributed by atoms with Gasteiger partial charge in [-0.2, -0.15) is 0 Å². The van der Waals surface area contributed by atoms with Crippen LogP contribution in [0.25, 0.3) is 0 Å². The van der Waals surface area contributed by atoms with Crippen molar-refractivity contribution >= 4 is 43.5 Å². The summed E-state index contributed by atoms with van der Waals surface area (Å²) in [5, 5.41) is 0.465. The first kappa shape index (κ1) is 15.9. The zero-order chi connectivity index (χ0) is 14.9. The van der Waals surface area contributed by atoms with Gasteiger partial charge in [-0.25, -0.2) is 9.97 Å². The van der Waals surface area contributed by atoms with Crippen LogP contribution in [0.4, 0.5) is 0 Å². The van der Waals surface area contributed by atoms with Crippen LogP contribution in [0.2, 0.25) is 5.15 Å². The van der Waals surface area contributed by atoms with Crippen molar-refractivity contribution in [3.8, 4) is 0 Å². The molecule has 2 rings (SSSR count). The molecule has 0 fully saturated rings. The summed E-state index contributed by atoms with van der Waals surface area (Å²) in [7, 11) is 0. The lowest BCUT2D eigenvalue weighted by molar-refractivity contribution is 0.559. The van der Waals surface area contributed by atoms with E-state index in [0.717, 1.165) is 26.0 Å². The van der Waals surface area contributed by atoms with Gasteiger partial charge in [-0.05, 0) is 27.6 Å². The summed E-state index contributed by atoms with van der Waals surface area (Å²) in [5.74, 6) is 0.732. The first-order chi connectivity index (χ1) is 9.29. The van der Waals surface area contributed by atoms with Crippen molar-refractivity contribution in [3.63, 3.8) is 0 Å². The molecule has 0 aliphatic carbocycles. The van der Waals surface area contributed by atoms with Crippen molar-refractivity contribution in [2.45, 2.75) is 32.6 Å². The van der Waals surface area contributed by atoms with Crippen LogP contribution >= 0.6 is 43.5 Å². The van der Waals surface area contributed by atoms with Crippen molar-refractivity contribution < 1.29 is 0 Å². The Morgan fingerprint density at radius 3 is 2.35 bits per heavy atom. The van der Waals surface area contributed by atoms with Gasteiger partial charge in [-0.1, -0.05) is 66.5 Å². The van der Waals surface area contributed by atoms with Gasteiger partial charge in [0.25, 0.3) is 0 Å². The van der Waals surface area contributed by atoms with Crippen LogP contribution in [0, 0.1) is 0 Å². The number of hydrogen-bond donors (Lipinski definition) is 0. The van der Waals surface area contributed by atoms with E-state index in [2.05, 4.69) is 68.7 Å². The Kier molecular flexibility index (Phi) is 4.88. The normalized spacial score (nSPS) is 11.7. The number of aromatic nitrogens is 2. The molecule has 0 saturated heterocycles. The quantitative estimate of drug-likeness (QED) is 0.598. The maximum atomic E-state index is 6.22. The predicted octanol–water partition coefficient (Wildman–Crippen LogP) is 5.54. The Morgan fingerprint density at radius 2 is 1.75 bits per heavy atom. The predicted molar refractivity (Wildman–Crippen MR) is 90.4 cm³/mol. The summed E-state index contributed by atoms with van der Waals surface area (Å²) < 4.78 is 1.84. The van der Waals surface area contributed by atoms with Gasteiger partial charge in [0.2, 0.25) is 0 Å². The number of hydrogen-bond acceptors (Lipinski definition) is 2. The summed E-state index contributed by atoms with van der Waals surface area (Å²) in [5.41, 5.74) is 1.99. The minimum absolute atomic E-state index is 0.0892. The van der Waals surface area contributed by atoms with E-state index in [1.807, 2.05) is 18.2 Å². The molecular weight excluding hydrogens is 403 g/mol. The highest BCUT2D eigenvalue weighted by molar-refractivity contribution is 9.10. The Morgan fingerprint density at radius 1 is 1.10 bits per heavy atom. The summed E-state index contributed by atoms with van der Waals surface area (Å²) in [6.45, 7) is 6.33. The highest BCUT2D eigenvalue weighted by Gasteiger charge is 2.22. The molecule has 0 spiro atoms. The lowest BCUT2D eigenvalue weighted by Gasteiger charge is -2.20. The Balaban J connectivity index is 2.44. The van der Waals surface area contributed by atoms with Crippen molar-refractivity contribution in [1.82, 2.24) is 9.97 Å². The fourth-order valence-corrected chi connectivity index (χ4v) is 3.24. The van der Waals surface area contributed by atoms with Gasteiger partial charge in [0, 0.05) is 16.3 Å². The summed E-state index contributed by atoms with van der Waals surface area (Å²) in [6, 6.07) is 8.06. The summed E-state index contributed by atoms with van der Waals surface area (Å²) >= 11 is 13.3. The third-order valence-corrected chi connectivity index (χ3v) is 4.90. The second-order valence-electron chi connectivity index (χ2n) is 5.61. The molecule has 0 bridgehead atoms. The third kappa shape index (κ3) is 3.60. The van der Waals surface area contributed by atoms with Crippen LogP contribution in [0.3, 0.4) is 0 Å². The molecule has 0 saturated carbocycles. The summed E-state index contributed by atoms with van der Waals surface area (Å²) in [6.07, 6.45) is 0.650. The molecule has 0 N–H and O–H groups in total. The molecule has 106 valence electrons. The highest BCUT2D eigenvalue weighted by atomic mass is 79.9. The van der Waals surface area contributed by atoms with Gasteiger partial charge < -0.3 is 0 Å². The average molecular weight is 419 g/mol. The molecule has 0 radical (unpaired) electrons. The second kappa shape index (κ2) is 6.12. The molecule has 1 aromatic heterocycles. The zero-order valence-electron chi connectivity index (χ0n) is 11.5. The maximum Gasteiger partial charge on any atom is 0.147 e. The van der Waals surface area contributed by atoms with Gasteiger partial charge in [0.05, 0.1) is 10.2 Å². The molecule has 0 aliphatic heterocycles.